The molecule has 0 aromatic rings. The highest BCUT2D eigenvalue weighted by Gasteiger charge is 2.22. The Morgan fingerprint density at radius 2 is 1.86 bits per heavy atom. The smallest absolute Gasteiger partial charge is 0.0104 e. The van der Waals surface area contributed by atoms with Crippen molar-refractivity contribution in [2.24, 2.45) is 11.7 Å². The van der Waals surface area contributed by atoms with Crippen LogP contribution in [0.5, 0.6) is 0 Å². The van der Waals surface area contributed by atoms with Crippen molar-refractivity contribution in [3.63, 3.8) is 0 Å². The molecule has 0 spiro atoms. The third-order valence-electron chi connectivity index (χ3n) is 3.62. The first-order valence-corrected chi connectivity index (χ1v) is 6.18. The zero-order valence-electron chi connectivity index (χ0n) is 9.84. The first kappa shape index (κ1) is 12.0. The molecule has 0 bridgehead atoms. The van der Waals surface area contributed by atoms with Crippen LogP contribution in [-0.2, 0) is 0 Å². The molecule has 84 valence electrons. The lowest BCUT2D eigenvalue weighted by Crippen LogP contribution is -2.38. The maximum atomic E-state index is 5.57. The van der Waals surface area contributed by atoms with Gasteiger partial charge in [-0.1, -0.05) is 19.8 Å². The second-order valence-electron chi connectivity index (χ2n) is 4.73. The van der Waals surface area contributed by atoms with Crippen LogP contribution in [0.4, 0.5) is 0 Å². The average molecular weight is 198 g/mol. The molecule has 1 aliphatic rings. The summed E-state index contributed by atoms with van der Waals surface area (Å²) in [5.74, 6) is 1.02. The van der Waals surface area contributed by atoms with Crippen LogP contribution in [0.25, 0.3) is 0 Å². The van der Waals surface area contributed by atoms with Gasteiger partial charge in [-0.05, 0) is 38.6 Å². The molecule has 0 aromatic carbocycles. The molecular weight excluding hydrogens is 172 g/mol. The highest BCUT2D eigenvalue weighted by atomic mass is 15.1. The van der Waals surface area contributed by atoms with Crippen molar-refractivity contribution < 1.29 is 0 Å². The van der Waals surface area contributed by atoms with Crippen LogP contribution in [0, 0.1) is 5.92 Å². The number of nitrogens with zero attached hydrogens (tertiary/aromatic N) is 1. The van der Waals surface area contributed by atoms with E-state index >= 15 is 0 Å². The quantitative estimate of drug-likeness (QED) is 0.734. The number of hydrogen-bond donors (Lipinski definition) is 1. The molecule has 1 aliphatic carbocycles. The van der Waals surface area contributed by atoms with Crippen LogP contribution >= 0.6 is 0 Å². The number of rotatable bonds is 5. The highest BCUT2D eigenvalue weighted by Crippen LogP contribution is 2.29. The van der Waals surface area contributed by atoms with Crippen molar-refractivity contribution in [2.75, 3.05) is 20.1 Å². The summed E-state index contributed by atoms with van der Waals surface area (Å²) in [7, 11) is 2.22. The van der Waals surface area contributed by atoms with Gasteiger partial charge in [0.05, 0.1) is 0 Å². The minimum Gasteiger partial charge on any atom is -0.329 e. The lowest BCUT2D eigenvalue weighted by Gasteiger charge is -2.34. The molecule has 0 aliphatic heterocycles. The topological polar surface area (TPSA) is 29.3 Å². The summed E-state index contributed by atoms with van der Waals surface area (Å²) in [5, 5.41) is 0. The van der Waals surface area contributed by atoms with E-state index in [0.717, 1.165) is 25.0 Å². The lowest BCUT2D eigenvalue weighted by atomic mass is 9.83. The molecule has 1 rings (SSSR count). The van der Waals surface area contributed by atoms with Crippen molar-refractivity contribution in [3.05, 3.63) is 0 Å². The molecule has 2 N–H and O–H groups in total. The van der Waals surface area contributed by atoms with Gasteiger partial charge in [0.2, 0.25) is 0 Å². The lowest BCUT2D eigenvalue weighted by molar-refractivity contribution is 0.165. The standard InChI is InChI=1S/C12H26N2/c1-3-4-11-5-7-12(8-6-11)14(2)10-9-13/h11-12H,3-10,13H2,1-2H3. The fourth-order valence-electron chi connectivity index (χ4n) is 2.67. The van der Waals surface area contributed by atoms with Gasteiger partial charge in [0.1, 0.15) is 0 Å². The molecule has 0 unspecified atom stereocenters. The van der Waals surface area contributed by atoms with Gasteiger partial charge in [-0.15, -0.1) is 0 Å². The minimum atomic E-state index is 0.797. The largest absolute Gasteiger partial charge is 0.329 e. The third kappa shape index (κ3) is 3.58. The van der Waals surface area contributed by atoms with Gasteiger partial charge in [0.15, 0.2) is 0 Å². The summed E-state index contributed by atoms with van der Waals surface area (Å²) in [6.07, 6.45) is 8.45. The second kappa shape index (κ2) is 6.41. The van der Waals surface area contributed by atoms with E-state index < -0.39 is 0 Å². The van der Waals surface area contributed by atoms with Crippen LogP contribution in [-0.4, -0.2) is 31.1 Å². The van der Waals surface area contributed by atoms with Gasteiger partial charge in [0.25, 0.3) is 0 Å². The van der Waals surface area contributed by atoms with Crippen LogP contribution in [0.3, 0.4) is 0 Å². The molecule has 14 heavy (non-hydrogen) atoms. The summed E-state index contributed by atoms with van der Waals surface area (Å²) in [4.78, 5) is 2.45. The van der Waals surface area contributed by atoms with Crippen molar-refractivity contribution in [2.45, 2.75) is 51.5 Å². The van der Waals surface area contributed by atoms with Gasteiger partial charge >= 0.3 is 0 Å². The minimum absolute atomic E-state index is 0.797. The molecule has 0 saturated heterocycles. The van der Waals surface area contributed by atoms with Gasteiger partial charge in [-0.25, -0.2) is 0 Å². The second-order valence-corrected chi connectivity index (χ2v) is 4.73. The van der Waals surface area contributed by atoms with Gasteiger partial charge in [-0.2, -0.15) is 0 Å². The Morgan fingerprint density at radius 1 is 1.21 bits per heavy atom. The first-order chi connectivity index (χ1) is 6.77. The number of hydrogen-bond acceptors (Lipinski definition) is 2. The van der Waals surface area contributed by atoms with E-state index in [0.29, 0.717) is 0 Å². The molecule has 1 saturated carbocycles. The third-order valence-corrected chi connectivity index (χ3v) is 3.62. The maximum absolute atomic E-state index is 5.57. The average Bonchev–Trinajstić information content (AvgIpc) is 2.20. The molecular formula is C12H26N2. The Hall–Kier alpha value is -0.0800. The Morgan fingerprint density at radius 3 is 2.36 bits per heavy atom. The molecule has 0 radical (unpaired) electrons. The predicted octanol–water partition coefficient (Wildman–Crippen LogP) is 2.24. The Balaban J connectivity index is 2.21. The summed E-state index contributed by atoms with van der Waals surface area (Å²) in [6.45, 7) is 4.15. The van der Waals surface area contributed by atoms with Crippen molar-refractivity contribution in [1.29, 1.82) is 0 Å². The van der Waals surface area contributed by atoms with Gasteiger partial charge in [0, 0.05) is 19.1 Å². The van der Waals surface area contributed by atoms with E-state index in [1.54, 1.807) is 0 Å². The van der Waals surface area contributed by atoms with E-state index in [2.05, 4.69) is 18.9 Å². The van der Waals surface area contributed by atoms with Crippen molar-refractivity contribution >= 4 is 0 Å². The van der Waals surface area contributed by atoms with Crippen LogP contribution < -0.4 is 5.73 Å². The molecule has 0 heterocycles. The number of nitrogens with two attached hydrogens (primary N) is 1. The Kier molecular flexibility index (Phi) is 5.49. The molecule has 2 heteroatoms. The van der Waals surface area contributed by atoms with E-state index in [-0.39, 0.29) is 0 Å². The van der Waals surface area contributed by atoms with E-state index in [9.17, 15) is 0 Å². The fraction of sp³-hybridized carbons (Fsp3) is 1.00. The van der Waals surface area contributed by atoms with Crippen LogP contribution in [0.1, 0.15) is 45.4 Å². The van der Waals surface area contributed by atoms with Crippen LogP contribution in [0.15, 0.2) is 0 Å². The van der Waals surface area contributed by atoms with Gasteiger partial charge < -0.3 is 10.6 Å². The highest BCUT2D eigenvalue weighted by molar-refractivity contribution is 4.78. The molecule has 2 nitrogen and oxygen atoms in total. The zero-order valence-corrected chi connectivity index (χ0v) is 9.84. The van der Waals surface area contributed by atoms with E-state index in [1.165, 1.54) is 38.5 Å². The summed E-state index contributed by atoms with van der Waals surface area (Å²) >= 11 is 0. The summed E-state index contributed by atoms with van der Waals surface area (Å²) in [6, 6.07) is 0.812. The Labute approximate surface area is 88.8 Å². The fourth-order valence-corrected chi connectivity index (χ4v) is 2.67. The molecule has 0 aromatic heterocycles. The Bertz CT molecular complexity index is 139. The summed E-state index contributed by atoms with van der Waals surface area (Å²) < 4.78 is 0. The molecule has 0 atom stereocenters. The monoisotopic (exact) mass is 198 g/mol. The predicted molar refractivity (Wildman–Crippen MR) is 62.3 cm³/mol. The van der Waals surface area contributed by atoms with E-state index in [1.807, 2.05) is 0 Å². The SMILES string of the molecule is CCCC1CCC(N(C)CCN)CC1. The zero-order chi connectivity index (χ0) is 10.4. The molecule has 1 fully saturated rings. The maximum Gasteiger partial charge on any atom is 0.0104 e. The van der Waals surface area contributed by atoms with Gasteiger partial charge in [-0.3, -0.25) is 0 Å². The van der Waals surface area contributed by atoms with Crippen LogP contribution in [0.2, 0.25) is 0 Å². The normalized spacial score (nSPS) is 28.3. The van der Waals surface area contributed by atoms with E-state index in [4.69, 9.17) is 5.73 Å². The van der Waals surface area contributed by atoms with Crippen molar-refractivity contribution in [1.82, 2.24) is 4.90 Å². The first-order valence-electron chi connectivity index (χ1n) is 6.18. The summed E-state index contributed by atoms with van der Waals surface area (Å²) in [5.41, 5.74) is 5.57. The van der Waals surface area contributed by atoms with Crippen molar-refractivity contribution in [3.8, 4) is 0 Å². The number of likely N-dealkylation sites (N-methyl/N-ethyl adjacent to an activating group) is 1. The molecule has 0 amide bonds.